The van der Waals surface area contributed by atoms with Gasteiger partial charge < -0.3 is 9.69 Å². The lowest BCUT2D eigenvalue weighted by molar-refractivity contribution is -0.108. The molecule has 0 spiro atoms. The van der Waals surface area contributed by atoms with Gasteiger partial charge in [0.2, 0.25) is 5.29 Å². The maximum atomic E-state index is 14.0. The van der Waals surface area contributed by atoms with Crippen LogP contribution in [-0.4, -0.2) is 11.6 Å². The van der Waals surface area contributed by atoms with Crippen LogP contribution in [0.2, 0.25) is 0 Å². The molecule has 2 aromatic carbocycles. The summed E-state index contributed by atoms with van der Waals surface area (Å²) >= 11 is 6.17. The van der Waals surface area contributed by atoms with Crippen molar-refractivity contribution in [2.75, 3.05) is 4.90 Å². The second-order valence-corrected chi connectivity index (χ2v) is 4.68. The SMILES string of the molecule is O=CC1c2c(F)cccc2N=C(Cl)N1c1ccccc1. The molecule has 0 aliphatic carbocycles. The summed E-state index contributed by atoms with van der Waals surface area (Å²) in [6.45, 7) is 0. The Morgan fingerprint density at radius 3 is 2.60 bits per heavy atom. The molecule has 0 saturated heterocycles. The van der Waals surface area contributed by atoms with Crippen molar-refractivity contribution in [2.24, 2.45) is 4.99 Å². The van der Waals surface area contributed by atoms with Gasteiger partial charge in [-0.1, -0.05) is 24.3 Å². The number of hydrogen-bond donors (Lipinski definition) is 0. The van der Waals surface area contributed by atoms with Crippen molar-refractivity contribution in [3.05, 3.63) is 59.9 Å². The van der Waals surface area contributed by atoms with Crippen molar-refractivity contribution in [1.82, 2.24) is 0 Å². The lowest BCUT2D eigenvalue weighted by Crippen LogP contribution is -2.35. The van der Waals surface area contributed by atoms with E-state index >= 15 is 0 Å². The first kappa shape index (κ1) is 12.8. The molecule has 0 N–H and O–H groups in total. The Kier molecular flexibility index (Phi) is 3.24. The van der Waals surface area contributed by atoms with Gasteiger partial charge in [0, 0.05) is 11.3 Å². The predicted octanol–water partition coefficient (Wildman–Crippen LogP) is 3.81. The molecule has 3 rings (SSSR count). The molecule has 0 fully saturated rings. The molecule has 1 atom stereocenters. The summed E-state index contributed by atoms with van der Waals surface area (Å²) in [4.78, 5) is 17.2. The van der Waals surface area contributed by atoms with E-state index in [9.17, 15) is 9.18 Å². The van der Waals surface area contributed by atoms with E-state index in [-0.39, 0.29) is 10.9 Å². The maximum Gasteiger partial charge on any atom is 0.204 e. The summed E-state index contributed by atoms with van der Waals surface area (Å²) < 4.78 is 14.0. The second-order valence-electron chi connectivity index (χ2n) is 4.34. The Morgan fingerprint density at radius 1 is 1.15 bits per heavy atom. The van der Waals surface area contributed by atoms with Gasteiger partial charge in [0.05, 0.1) is 5.69 Å². The van der Waals surface area contributed by atoms with Gasteiger partial charge in [-0.2, -0.15) is 0 Å². The van der Waals surface area contributed by atoms with Crippen LogP contribution in [0.5, 0.6) is 0 Å². The summed E-state index contributed by atoms with van der Waals surface area (Å²) in [5.74, 6) is -0.464. The molecule has 0 amide bonds. The number of anilines is 1. The number of aldehydes is 1. The number of fused-ring (bicyclic) bond motifs is 1. The lowest BCUT2D eigenvalue weighted by Gasteiger charge is -2.32. The highest BCUT2D eigenvalue weighted by Crippen LogP contribution is 2.38. The van der Waals surface area contributed by atoms with Gasteiger partial charge >= 0.3 is 0 Å². The smallest absolute Gasteiger partial charge is 0.204 e. The fourth-order valence-electron chi connectivity index (χ4n) is 2.30. The third-order valence-corrected chi connectivity index (χ3v) is 3.45. The van der Waals surface area contributed by atoms with E-state index in [1.807, 2.05) is 18.2 Å². The van der Waals surface area contributed by atoms with Crippen LogP contribution < -0.4 is 4.90 Å². The normalized spacial score (nSPS) is 17.4. The zero-order valence-electron chi connectivity index (χ0n) is 10.3. The highest BCUT2D eigenvalue weighted by atomic mass is 35.5. The molecular weight excluding hydrogens is 279 g/mol. The molecule has 0 radical (unpaired) electrons. The van der Waals surface area contributed by atoms with Crippen LogP contribution in [0, 0.1) is 5.82 Å². The van der Waals surface area contributed by atoms with Gasteiger partial charge in [0.1, 0.15) is 18.1 Å². The molecule has 20 heavy (non-hydrogen) atoms. The molecular formula is C15H10ClFN2O. The number of nitrogens with zero attached hydrogens (tertiary/aromatic N) is 2. The first-order valence-electron chi connectivity index (χ1n) is 6.04. The predicted molar refractivity (Wildman–Crippen MR) is 77.1 cm³/mol. The molecule has 1 unspecified atom stereocenters. The fraction of sp³-hybridized carbons (Fsp3) is 0.0667. The van der Waals surface area contributed by atoms with Gasteiger partial charge in [-0.05, 0) is 35.9 Å². The Morgan fingerprint density at radius 2 is 1.90 bits per heavy atom. The number of para-hydroxylation sites is 1. The molecule has 3 nitrogen and oxygen atoms in total. The number of aliphatic imine (C=N–C) groups is 1. The zero-order valence-corrected chi connectivity index (χ0v) is 11.1. The van der Waals surface area contributed by atoms with E-state index in [0.29, 0.717) is 17.7 Å². The van der Waals surface area contributed by atoms with Gasteiger partial charge in [-0.15, -0.1) is 0 Å². The molecule has 2 aromatic rings. The fourth-order valence-corrected chi connectivity index (χ4v) is 2.59. The molecule has 1 aliphatic rings. The van der Waals surface area contributed by atoms with Crippen LogP contribution in [0.1, 0.15) is 11.6 Å². The summed E-state index contributed by atoms with van der Waals surface area (Å²) in [6.07, 6.45) is 0.673. The van der Waals surface area contributed by atoms with Crippen molar-refractivity contribution in [1.29, 1.82) is 0 Å². The standard InChI is InChI=1S/C15H10ClFN2O/c16-15-18-12-8-4-7-11(17)14(12)13(9-20)19(15)10-5-2-1-3-6-10/h1-9,13H. The minimum Gasteiger partial charge on any atom is -0.302 e. The molecule has 0 saturated carbocycles. The number of rotatable bonds is 2. The van der Waals surface area contributed by atoms with Crippen LogP contribution >= 0.6 is 11.6 Å². The summed E-state index contributed by atoms with van der Waals surface area (Å²) in [6, 6.07) is 12.7. The maximum absolute atomic E-state index is 14.0. The zero-order chi connectivity index (χ0) is 14.1. The minimum absolute atomic E-state index is 0.145. The van der Waals surface area contributed by atoms with Gasteiger partial charge in [-0.25, -0.2) is 9.38 Å². The van der Waals surface area contributed by atoms with Crippen LogP contribution in [0.3, 0.4) is 0 Å². The number of halogens is 2. The Bertz CT molecular complexity index is 688. The van der Waals surface area contributed by atoms with Crippen LogP contribution in [0.15, 0.2) is 53.5 Å². The van der Waals surface area contributed by atoms with Crippen molar-refractivity contribution in [3.63, 3.8) is 0 Å². The molecule has 0 aromatic heterocycles. The quantitative estimate of drug-likeness (QED) is 0.622. The van der Waals surface area contributed by atoms with Gasteiger partial charge in [0.25, 0.3) is 0 Å². The van der Waals surface area contributed by atoms with E-state index in [1.165, 1.54) is 11.0 Å². The highest BCUT2D eigenvalue weighted by Gasteiger charge is 2.32. The van der Waals surface area contributed by atoms with Crippen molar-refractivity contribution >= 4 is 34.6 Å². The van der Waals surface area contributed by atoms with Crippen LogP contribution in [0.25, 0.3) is 0 Å². The minimum atomic E-state index is -0.821. The van der Waals surface area contributed by atoms with Crippen molar-refractivity contribution in [2.45, 2.75) is 6.04 Å². The van der Waals surface area contributed by atoms with E-state index in [0.717, 1.165) is 0 Å². The van der Waals surface area contributed by atoms with Crippen molar-refractivity contribution < 1.29 is 9.18 Å². The Balaban J connectivity index is 2.19. The number of amidine groups is 1. The van der Waals surface area contributed by atoms with Gasteiger partial charge in [0.15, 0.2) is 0 Å². The summed E-state index contributed by atoms with van der Waals surface area (Å²) in [7, 11) is 0. The molecule has 100 valence electrons. The third kappa shape index (κ3) is 1.98. The largest absolute Gasteiger partial charge is 0.302 e. The summed E-state index contributed by atoms with van der Waals surface area (Å²) in [5.41, 5.74) is 1.32. The topological polar surface area (TPSA) is 32.7 Å². The third-order valence-electron chi connectivity index (χ3n) is 3.18. The van der Waals surface area contributed by atoms with E-state index in [2.05, 4.69) is 4.99 Å². The first-order valence-corrected chi connectivity index (χ1v) is 6.42. The summed E-state index contributed by atoms with van der Waals surface area (Å²) in [5, 5.41) is 0.145. The molecule has 5 heteroatoms. The molecule has 1 aliphatic heterocycles. The monoisotopic (exact) mass is 288 g/mol. The van der Waals surface area contributed by atoms with Gasteiger partial charge in [-0.3, -0.25) is 0 Å². The number of carbonyl (C=O) groups is 1. The van der Waals surface area contributed by atoms with Crippen LogP contribution in [-0.2, 0) is 4.79 Å². The van der Waals surface area contributed by atoms with Crippen molar-refractivity contribution in [3.8, 4) is 0 Å². The average molecular weight is 289 g/mol. The first-order chi connectivity index (χ1) is 9.72. The average Bonchev–Trinajstić information content (AvgIpc) is 2.47. The highest BCUT2D eigenvalue weighted by molar-refractivity contribution is 6.68. The molecule has 1 heterocycles. The molecule has 0 bridgehead atoms. The number of carbonyl (C=O) groups excluding carboxylic acids is 1. The second kappa shape index (κ2) is 5.06. The lowest BCUT2D eigenvalue weighted by atomic mass is 10.0. The number of hydrogen-bond acceptors (Lipinski definition) is 3. The Hall–Kier alpha value is -2.20. The van der Waals surface area contributed by atoms with E-state index in [4.69, 9.17) is 11.6 Å². The van der Waals surface area contributed by atoms with E-state index in [1.54, 1.807) is 24.3 Å². The Labute approximate surface area is 120 Å². The van der Waals surface area contributed by atoms with E-state index < -0.39 is 11.9 Å². The van der Waals surface area contributed by atoms with Crippen LogP contribution in [0.4, 0.5) is 15.8 Å². The number of benzene rings is 2.